The van der Waals surface area contributed by atoms with Gasteiger partial charge >= 0.3 is 0 Å². The first-order valence-corrected chi connectivity index (χ1v) is 9.32. The molecule has 0 bridgehead atoms. The summed E-state index contributed by atoms with van der Waals surface area (Å²) in [5, 5.41) is -0.741. The predicted octanol–water partition coefficient (Wildman–Crippen LogP) is 1.07. The molecule has 2 unspecified atom stereocenters. The second kappa shape index (κ2) is 7.46. The lowest BCUT2D eigenvalue weighted by Crippen LogP contribution is -2.39. The quantitative estimate of drug-likeness (QED) is 0.762. The van der Waals surface area contributed by atoms with Gasteiger partial charge in [0, 0.05) is 33.0 Å². The summed E-state index contributed by atoms with van der Waals surface area (Å²) in [5.74, 6) is 1.18. The minimum atomic E-state index is -3.66. The summed E-state index contributed by atoms with van der Waals surface area (Å²) < 4.78 is 38.5. The Morgan fingerprint density at radius 1 is 1.43 bits per heavy atom. The molecule has 1 saturated heterocycles. The van der Waals surface area contributed by atoms with Crippen molar-refractivity contribution in [3.05, 3.63) is 23.7 Å². The fourth-order valence-corrected chi connectivity index (χ4v) is 4.17. The van der Waals surface area contributed by atoms with Gasteiger partial charge in [0.1, 0.15) is 22.8 Å². The number of likely N-dealkylation sites (tertiary alicyclic amines) is 1. The molecule has 2 heterocycles. The van der Waals surface area contributed by atoms with Crippen LogP contribution in [0.2, 0.25) is 0 Å². The van der Waals surface area contributed by atoms with Crippen LogP contribution < -0.4 is 4.72 Å². The number of amides is 1. The van der Waals surface area contributed by atoms with Crippen molar-refractivity contribution in [2.24, 2.45) is 0 Å². The second-order valence-electron chi connectivity index (χ2n) is 5.59. The number of carbonyl (C=O) groups is 1. The van der Waals surface area contributed by atoms with Crippen molar-refractivity contribution in [3.8, 4) is 0 Å². The van der Waals surface area contributed by atoms with Crippen LogP contribution in [-0.2, 0) is 26.0 Å². The second-order valence-corrected chi connectivity index (χ2v) is 7.58. The minimum Gasteiger partial charge on any atom is -0.464 e. The monoisotopic (exact) mass is 344 g/mol. The number of ether oxygens (including phenoxy) is 1. The number of methoxy groups -OCH3 is 1. The zero-order chi connectivity index (χ0) is 17.0. The minimum absolute atomic E-state index is 0.0151. The van der Waals surface area contributed by atoms with Crippen LogP contribution in [0.3, 0.4) is 0 Å². The van der Waals surface area contributed by atoms with Gasteiger partial charge < -0.3 is 14.1 Å². The lowest BCUT2D eigenvalue weighted by Gasteiger charge is -2.19. The van der Waals surface area contributed by atoms with E-state index >= 15 is 0 Å². The Labute approximate surface area is 137 Å². The van der Waals surface area contributed by atoms with Crippen LogP contribution in [0, 0.1) is 0 Å². The van der Waals surface area contributed by atoms with Crippen molar-refractivity contribution in [3.63, 3.8) is 0 Å². The summed E-state index contributed by atoms with van der Waals surface area (Å²) in [6.45, 7) is 4.70. The number of hydrogen-bond donors (Lipinski definition) is 1. The summed E-state index contributed by atoms with van der Waals surface area (Å²) in [6.07, 6.45) is 0.746. The molecule has 2 rings (SSSR count). The highest BCUT2D eigenvalue weighted by atomic mass is 32.2. The van der Waals surface area contributed by atoms with E-state index in [-0.39, 0.29) is 25.5 Å². The fraction of sp³-hybridized carbons (Fsp3) is 0.667. The van der Waals surface area contributed by atoms with E-state index in [2.05, 4.69) is 4.72 Å². The SMILES string of the molecule is CCc1ccc(C(COC)NS(=O)(=O)C2CC(=O)N(CC)C2)o1. The van der Waals surface area contributed by atoms with Gasteiger partial charge in [0.25, 0.3) is 0 Å². The van der Waals surface area contributed by atoms with Gasteiger partial charge in [-0.25, -0.2) is 13.1 Å². The van der Waals surface area contributed by atoms with Crippen LogP contribution in [0.1, 0.15) is 37.8 Å². The van der Waals surface area contributed by atoms with Gasteiger partial charge in [0.05, 0.1) is 6.61 Å². The van der Waals surface area contributed by atoms with Crippen molar-refractivity contribution >= 4 is 15.9 Å². The topological polar surface area (TPSA) is 88.8 Å². The molecule has 23 heavy (non-hydrogen) atoms. The molecule has 0 aromatic carbocycles. The standard InChI is InChI=1S/C15H24N2O5S/c1-4-11-6-7-14(22-11)13(10-21-3)16-23(19,20)12-8-15(18)17(5-2)9-12/h6-7,12-13,16H,4-5,8-10H2,1-3H3. The van der Waals surface area contributed by atoms with E-state index in [1.54, 1.807) is 11.0 Å². The molecule has 1 aromatic heterocycles. The molecule has 1 amide bonds. The van der Waals surface area contributed by atoms with E-state index in [1.807, 2.05) is 19.9 Å². The molecule has 7 nitrogen and oxygen atoms in total. The lowest BCUT2D eigenvalue weighted by molar-refractivity contribution is -0.127. The summed E-state index contributed by atoms with van der Waals surface area (Å²) in [7, 11) is -2.15. The van der Waals surface area contributed by atoms with E-state index in [4.69, 9.17) is 9.15 Å². The normalized spacial score (nSPS) is 20.2. The predicted molar refractivity (Wildman–Crippen MR) is 85.4 cm³/mol. The maximum Gasteiger partial charge on any atom is 0.224 e. The molecule has 1 N–H and O–H groups in total. The van der Waals surface area contributed by atoms with E-state index in [0.29, 0.717) is 12.3 Å². The largest absolute Gasteiger partial charge is 0.464 e. The molecule has 8 heteroatoms. The number of rotatable bonds is 8. The highest BCUT2D eigenvalue weighted by Gasteiger charge is 2.39. The molecule has 0 saturated carbocycles. The zero-order valence-corrected chi connectivity index (χ0v) is 14.6. The van der Waals surface area contributed by atoms with E-state index in [9.17, 15) is 13.2 Å². The molecule has 1 aliphatic heterocycles. The Bertz CT molecular complexity index is 640. The average Bonchev–Trinajstić information content (AvgIpc) is 3.13. The van der Waals surface area contributed by atoms with Gasteiger partial charge in [-0.2, -0.15) is 0 Å². The third-order valence-electron chi connectivity index (χ3n) is 4.01. The van der Waals surface area contributed by atoms with Crippen molar-refractivity contribution in [2.45, 2.75) is 38.0 Å². The van der Waals surface area contributed by atoms with Gasteiger partial charge in [-0.3, -0.25) is 4.79 Å². The number of hydrogen-bond acceptors (Lipinski definition) is 5. The van der Waals surface area contributed by atoms with Gasteiger partial charge in [-0.1, -0.05) is 6.92 Å². The fourth-order valence-electron chi connectivity index (χ4n) is 2.66. The van der Waals surface area contributed by atoms with Crippen LogP contribution in [0.25, 0.3) is 0 Å². The first-order valence-electron chi connectivity index (χ1n) is 7.77. The zero-order valence-electron chi connectivity index (χ0n) is 13.7. The van der Waals surface area contributed by atoms with Gasteiger partial charge in [0.2, 0.25) is 15.9 Å². The van der Waals surface area contributed by atoms with Crippen LogP contribution >= 0.6 is 0 Å². The molecule has 1 aromatic rings. The molecule has 130 valence electrons. The van der Waals surface area contributed by atoms with Crippen molar-refractivity contribution in [1.29, 1.82) is 0 Å². The van der Waals surface area contributed by atoms with Gasteiger partial charge in [-0.05, 0) is 19.1 Å². The number of aryl methyl sites for hydroxylation is 1. The Hall–Kier alpha value is -1.38. The molecule has 1 fully saturated rings. The first-order chi connectivity index (χ1) is 10.9. The molecular formula is C15H24N2O5S. The highest BCUT2D eigenvalue weighted by molar-refractivity contribution is 7.90. The lowest BCUT2D eigenvalue weighted by atomic mass is 10.2. The van der Waals surface area contributed by atoms with Gasteiger partial charge in [-0.15, -0.1) is 0 Å². The summed E-state index contributed by atoms with van der Waals surface area (Å²) in [5.41, 5.74) is 0. The van der Waals surface area contributed by atoms with Crippen LogP contribution in [0.15, 0.2) is 16.5 Å². The third-order valence-corrected chi connectivity index (χ3v) is 5.82. The number of sulfonamides is 1. The van der Waals surface area contributed by atoms with Crippen molar-refractivity contribution < 1.29 is 22.4 Å². The molecule has 0 spiro atoms. The maximum atomic E-state index is 12.6. The van der Waals surface area contributed by atoms with Crippen molar-refractivity contribution in [1.82, 2.24) is 9.62 Å². The van der Waals surface area contributed by atoms with Crippen LogP contribution in [0.5, 0.6) is 0 Å². The highest BCUT2D eigenvalue weighted by Crippen LogP contribution is 2.22. The van der Waals surface area contributed by atoms with Crippen LogP contribution in [0.4, 0.5) is 0 Å². The molecule has 1 aliphatic rings. The Morgan fingerprint density at radius 3 is 2.70 bits per heavy atom. The van der Waals surface area contributed by atoms with E-state index in [0.717, 1.165) is 12.2 Å². The Balaban J connectivity index is 2.13. The van der Waals surface area contributed by atoms with Crippen molar-refractivity contribution in [2.75, 3.05) is 26.8 Å². The smallest absolute Gasteiger partial charge is 0.224 e. The molecule has 0 radical (unpaired) electrons. The molecular weight excluding hydrogens is 320 g/mol. The average molecular weight is 344 g/mol. The maximum absolute atomic E-state index is 12.6. The van der Waals surface area contributed by atoms with Crippen LogP contribution in [-0.4, -0.2) is 51.3 Å². The molecule has 0 aliphatic carbocycles. The number of nitrogens with zero attached hydrogens (tertiary/aromatic N) is 1. The first kappa shape index (κ1) is 18.0. The van der Waals surface area contributed by atoms with E-state index in [1.165, 1.54) is 7.11 Å². The summed E-state index contributed by atoms with van der Waals surface area (Å²) in [4.78, 5) is 13.3. The number of carbonyl (C=O) groups excluding carboxylic acids is 1. The summed E-state index contributed by atoms with van der Waals surface area (Å²) >= 11 is 0. The number of furan rings is 1. The van der Waals surface area contributed by atoms with Gasteiger partial charge in [0.15, 0.2) is 0 Å². The van der Waals surface area contributed by atoms with E-state index < -0.39 is 21.3 Å². The third kappa shape index (κ3) is 4.13. The number of nitrogens with one attached hydrogen (secondary N) is 1. The Kier molecular flexibility index (Phi) is 5.83. The summed E-state index contributed by atoms with van der Waals surface area (Å²) in [6, 6.07) is 2.98. The Morgan fingerprint density at radius 2 is 2.17 bits per heavy atom. The molecule has 2 atom stereocenters.